The molecule has 2 heterocycles. The van der Waals surface area contributed by atoms with Crippen molar-refractivity contribution >= 4 is 0 Å². The van der Waals surface area contributed by atoms with Crippen LogP contribution in [0.2, 0.25) is 0 Å². The van der Waals surface area contributed by atoms with Gasteiger partial charge >= 0.3 is 0 Å². The smallest absolute Gasteiger partial charge is 0.0588 e. The van der Waals surface area contributed by atoms with Crippen molar-refractivity contribution in [2.75, 3.05) is 26.2 Å². The Morgan fingerprint density at radius 2 is 2.00 bits per heavy atom. The Balaban J connectivity index is 1.60. The first kappa shape index (κ1) is 10.4. The molecule has 0 aromatic carbocycles. The van der Waals surface area contributed by atoms with Crippen LogP contribution in [0.5, 0.6) is 0 Å². The highest BCUT2D eigenvalue weighted by molar-refractivity contribution is 4.75. The minimum absolute atomic E-state index is 0.453. The van der Waals surface area contributed by atoms with Crippen LogP contribution in [0, 0.1) is 0 Å². The maximum absolute atomic E-state index is 5.86. The number of hydrogen-bond donors (Lipinski definition) is 1. The van der Waals surface area contributed by atoms with E-state index < -0.39 is 0 Å². The average molecular weight is 198 g/mol. The molecule has 2 aliphatic heterocycles. The van der Waals surface area contributed by atoms with Gasteiger partial charge < -0.3 is 15.4 Å². The van der Waals surface area contributed by atoms with Crippen LogP contribution in [0.1, 0.15) is 32.1 Å². The van der Waals surface area contributed by atoms with Crippen molar-refractivity contribution in [1.82, 2.24) is 4.90 Å². The van der Waals surface area contributed by atoms with E-state index in [-0.39, 0.29) is 0 Å². The first-order chi connectivity index (χ1) is 6.84. The Morgan fingerprint density at radius 3 is 2.64 bits per heavy atom. The molecule has 2 rings (SSSR count). The Labute approximate surface area is 86.6 Å². The van der Waals surface area contributed by atoms with Crippen LogP contribution in [0.15, 0.2) is 0 Å². The fourth-order valence-corrected chi connectivity index (χ4v) is 2.38. The maximum Gasteiger partial charge on any atom is 0.0588 e. The van der Waals surface area contributed by atoms with Crippen LogP contribution < -0.4 is 5.73 Å². The molecule has 0 aliphatic carbocycles. The second kappa shape index (κ2) is 5.10. The molecule has 1 atom stereocenters. The lowest BCUT2D eigenvalue weighted by Crippen LogP contribution is -2.40. The van der Waals surface area contributed by atoms with Crippen molar-refractivity contribution in [3.63, 3.8) is 0 Å². The number of ether oxygens (including phenoxy) is 1. The molecule has 2 aliphatic rings. The predicted octanol–water partition coefficient (Wildman–Crippen LogP) is 0.979. The molecule has 2 N–H and O–H groups in total. The van der Waals surface area contributed by atoms with Crippen LogP contribution >= 0.6 is 0 Å². The molecule has 3 heteroatoms. The maximum atomic E-state index is 5.86. The van der Waals surface area contributed by atoms with Crippen molar-refractivity contribution in [2.45, 2.75) is 44.2 Å². The SMILES string of the molecule is NC1CCN(CCC2CCCO2)CC1. The Hall–Kier alpha value is -0.120. The molecule has 14 heavy (non-hydrogen) atoms. The zero-order valence-electron chi connectivity index (χ0n) is 8.95. The molecule has 3 nitrogen and oxygen atoms in total. The summed E-state index contributed by atoms with van der Waals surface area (Å²) in [4.78, 5) is 2.53. The van der Waals surface area contributed by atoms with Crippen molar-refractivity contribution < 1.29 is 4.74 Å². The van der Waals surface area contributed by atoms with E-state index in [4.69, 9.17) is 10.5 Å². The highest BCUT2D eigenvalue weighted by atomic mass is 16.5. The molecular weight excluding hydrogens is 176 g/mol. The molecule has 0 amide bonds. The summed E-state index contributed by atoms with van der Waals surface area (Å²) < 4.78 is 5.61. The Kier molecular flexibility index (Phi) is 3.79. The topological polar surface area (TPSA) is 38.5 Å². The number of nitrogens with zero attached hydrogens (tertiary/aromatic N) is 1. The van der Waals surface area contributed by atoms with E-state index in [9.17, 15) is 0 Å². The second-order valence-electron chi connectivity index (χ2n) is 4.60. The van der Waals surface area contributed by atoms with Gasteiger partial charge in [-0.1, -0.05) is 0 Å². The molecule has 0 radical (unpaired) electrons. The largest absolute Gasteiger partial charge is 0.378 e. The van der Waals surface area contributed by atoms with Gasteiger partial charge in [0.05, 0.1) is 6.10 Å². The molecule has 0 aromatic heterocycles. The number of hydrogen-bond acceptors (Lipinski definition) is 3. The third-order valence-corrected chi connectivity index (χ3v) is 3.42. The van der Waals surface area contributed by atoms with E-state index in [0.717, 1.165) is 6.61 Å². The van der Waals surface area contributed by atoms with E-state index in [2.05, 4.69) is 4.90 Å². The minimum atomic E-state index is 0.453. The zero-order valence-corrected chi connectivity index (χ0v) is 8.95. The van der Waals surface area contributed by atoms with Crippen LogP contribution in [0.3, 0.4) is 0 Å². The van der Waals surface area contributed by atoms with Gasteiger partial charge in [0, 0.05) is 19.2 Å². The summed E-state index contributed by atoms with van der Waals surface area (Å²) in [5.41, 5.74) is 5.86. The van der Waals surface area contributed by atoms with Crippen molar-refractivity contribution in [3.05, 3.63) is 0 Å². The Morgan fingerprint density at radius 1 is 1.21 bits per heavy atom. The fourth-order valence-electron chi connectivity index (χ4n) is 2.38. The number of nitrogens with two attached hydrogens (primary N) is 1. The third kappa shape index (κ3) is 2.94. The van der Waals surface area contributed by atoms with Gasteiger partial charge in [-0.25, -0.2) is 0 Å². The van der Waals surface area contributed by atoms with Crippen LogP contribution in [0.4, 0.5) is 0 Å². The molecule has 1 unspecified atom stereocenters. The lowest BCUT2D eigenvalue weighted by atomic mass is 10.1. The van der Waals surface area contributed by atoms with Crippen LogP contribution in [-0.4, -0.2) is 43.3 Å². The zero-order chi connectivity index (χ0) is 9.80. The lowest BCUT2D eigenvalue weighted by molar-refractivity contribution is 0.0878. The highest BCUT2D eigenvalue weighted by Crippen LogP contribution is 2.17. The van der Waals surface area contributed by atoms with E-state index in [1.54, 1.807) is 0 Å². The second-order valence-corrected chi connectivity index (χ2v) is 4.60. The van der Waals surface area contributed by atoms with E-state index in [0.29, 0.717) is 12.1 Å². The Bertz CT molecular complexity index is 161. The predicted molar refractivity (Wildman–Crippen MR) is 57.2 cm³/mol. The molecule has 0 aromatic rings. The summed E-state index contributed by atoms with van der Waals surface area (Å²) in [6.07, 6.45) is 6.64. The molecule has 0 saturated carbocycles. The fraction of sp³-hybridized carbons (Fsp3) is 1.00. The standard InChI is InChI=1S/C11H22N2O/c12-10-3-6-13(7-4-10)8-5-11-2-1-9-14-11/h10-11H,1-9,12H2. The van der Waals surface area contributed by atoms with Gasteiger partial charge in [0.1, 0.15) is 0 Å². The minimum Gasteiger partial charge on any atom is -0.378 e. The number of likely N-dealkylation sites (tertiary alicyclic amines) is 1. The third-order valence-electron chi connectivity index (χ3n) is 3.42. The quantitative estimate of drug-likeness (QED) is 0.734. The molecule has 0 bridgehead atoms. The van der Waals surface area contributed by atoms with Crippen molar-refractivity contribution in [1.29, 1.82) is 0 Å². The monoisotopic (exact) mass is 198 g/mol. The summed E-state index contributed by atoms with van der Waals surface area (Å²) in [6.45, 7) is 4.56. The van der Waals surface area contributed by atoms with Crippen LogP contribution in [0.25, 0.3) is 0 Å². The molecular formula is C11H22N2O. The molecule has 0 spiro atoms. The number of rotatable bonds is 3. The first-order valence-electron chi connectivity index (χ1n) is 5.94. The first-order valence-corrected chi connectivity index (χ1v) is 5.94. The van der Waals surface area contributed by atoms with Gasteiger partial charge in [0.25, 0.3) is 0 Å². The van der Waals surface area contributed by atoms with E-state index >= 15 is 0 Å². The summed E-state index contributed by atoms with van der Waals surface area (Å²) in [5.74, 6) is 0. The molecule has 2 saturated heterocycles. The summed E-state index contributed by atoms with van der Waals surface area (Å²) in [7, 11) is 0. The normalized spacial score (nSPS) is 31.1. The van der Waals surface area contributed by atoms with E-state index in [1.165, 1.54) is 51.7 Å². The summed E-state index contributed by atoms with van der Waals surface area (Å²) in [6, 6.07) is 0.453. The van der Waals surface area contributed by atoms with Crippen molar-refractivity contribution in [3.8, 4) is 0 Å². The lowest BCUT2D eigenvalue weighted by Gasteiger charge is -2.30. The molecule has 82 valence electrons. The summed E-state index contributed by atoms with van der Waals surface area (Å²) in [5, 5.41) is 0. The molecule has 2 fully saturated rings. The van der Waals surface area contributed by atoms with Gasteiger partial charge in [0.2, 0.25) is 0 Å². The number of piperidine rings is 1. The average Bonchev–Trinajstić information content (AvgIpc) is 2.70. The van der Waals surface area contributed by atoms with Gasteiger partial charge in [-0.15, -0.1) is 0 Å². The van der Waals surface area contributed by atoms with Gasteiger partial charge in [-0.2, -0.15) is 0 Å². The van der Waals surface area contributed by atoms with E-state index in [1.807, 2.05) is 0 Å². The summed E-state index contributed by atoms with van der Waals surface area (Å²) >= 11 is 0. The van der Waals surface area contributed by atoms with Gasteiger partial charge in [0.15, 0.2) is 0 Å². The van der Waals surface area contributed by atoms with Crippen LogP contribution in [-0.2, 0) is 4.74 Å². The van der Waals surface area contributed by atoms with Crippen molar-refractivity contribution in [2.24, 2.45) is 5.73 Å². The van der Waals surface area contributed by atoms with Gasteiger partial charge in [-0.3, -0.25) is 0 Å². The van der Waals surface area contributed by atoms with Gasteiger partial charge in [-0.05, 0) is 45.2 Å². The highest BCUT2D eigenvalue weighted by Gasteiger charge is 2.19.